The third-order valence-electron chi connectivity index (χ3n) is 5.76. The standard InChI is InChI=1S/C16H27F3N4O4S/c1-11-10-27-6-5-22(11)12-7-14(20-15(24)8-12)23-4-3-21(28(2,25)26)9-13(23)16(17,18)19/h11-14H,3-10H2,1-2H3,(H,20,24)/t11-,12?,13-,14?/m1/s1. The molecule has 12 heteroatoms. The molecule has 0 aliphatic carbocycles. The van der Waals surface area contributed by atoms with Gasteiger partial charge >= 0.3 is 6.18 Å². The van der Waals surface area contributed by atoms with Gasteiger partial charge in [0.1, 0.15) is 6.04 Å². The van der Waals surface area contributed by atoms with E-state index in [0.717, 1.165) is 10.6 Å². The first kappa shape index (κ1) is 21.8. The van der Waals surface area contributed by atoms with E-state index in [1.807, 2.05) is 6.92 Å². The minimum atomic E-state index is -4.60. The van der Waals surface area contributed by atoms with Gasteiger partial charge in [-0.25, -0.2) is 8.42 Å². The summed E-state index contributed by atoms with van der Waals surface area (Å²) in [4.78, 5) is 15.6. The van der Waals surface area contributed by atoms with Crippen molar-refractivity contribution in [1.29, 1.82) is 0 Å². The zero-order chi connectivity index (χ0) is 20.7. The maximum Gasteiger partial charge on any atom is 0.405 e. The molecule has 4 atom stereocenters. The van der Waals surface area contributed by atoms with E-state index in [0.29, 0.717) is 26.2 Å². The molecule has 1 amide bonds. The fourth-order valence-corrected chi connectivity index (χ4v) is 5.18. The summed E-state index contributed by atoms with van der Waals surface area (Å²) in [6.45, 7) is 2.89. The van der Waals surface area contributed by atoms with Crippen molar-refractivity contribution in [1.82, 2.24) is 19.4 Å². The van der Waals surface area contributed by atoms with Crippen molar-refractivity contribution in [2.24, 2.45) is 0 Å². The number of piperidine rings is 1. The molecule has 0 radical (unpaired) electrons. The Morgan fingerprint density at radius 2 is 1.89 bits per heavy atom. The van der Waals surface area contributed by atoms with Gasteiger partial charge in [0.2, 0.25) is 15.9 Å². The number of ether oxygens (including phenoxy) is 1. The molecule has 0 saturated carbocycles. The van der Waals surface area contributed by atoms with Crippen molar-refractivity contribution < 1.29 is 31.1 Å². The van der Waals surface area contributed by atoms with E-state index in [4.69, 9.17) is 4.74 Å². The molecule has 162 valence electrons. The number of nitrogens with one attached hydrogen (secondary N) is 1. The monoisotopic (exact) mass is 428 g/mol. The van der Waals surface area contributed by atoms with Gasteiger partial charge in [-0.15, -0.1) is 0 Å². The van der Waals surface area contributed by atoms with Gasteiger partial charge in [0.25, 0.3) is 0 Å². The van der Waals surface area contributed by atoms with E-state index in [2.05, 4.69) is 10.2 Å². The molecule has 2 unspecified atom stereocenters. The Morgan fingerprint density at radius 1 is 1.18 bits per heavy atom. The first-order chi connectivity index (χ1) is 13.0. The van der Waals surface area contributed by atoms with Gasteiger partial charge in [0, 0.05) is 44.7 Å². The van der Waals surface area contributed by atoms with Crippen molar-refractivity contribution in [3.8, 4) is 0 Å². The summed E-state index contributed by atoms with van der Waals surface area (Å²) >= 11 is 0. The molecule has 0 aromatic rings. The minimum Gasteiger partial charge on any atom is -0.379 e. The van der Waals surface area contributed by atoms with Crippen LogP contribution >= 0.6 is 0 Å². The Balaban J connectivity index is 1.78. The molecule has 28 heavy (non-hydrogen) atoms. The maximum absolute atomic E-state index is 13.7. The summed E-state index contributed by atoms with van der Waals surface area (Å²) in [6, 6.07) is -2.03. The number of nitrogens with zero attached hydrogens (tertiary/aromatic N) is 3. The van der Waals surface area contributed by atoms with Crippen LogP contribution in [0.15, 0.2) is 0 Å². The van der Waals surface area contributed by atoms with Crippen molar-refractivity contribution >= 4 is 15.9 Å². The number of carbonyl (C=O) groups excluding carboxylic acids is 1. The lowest BCUT2D eigenvalue weighted by molar-refractivity contribution is -0.203. The number of morpholine rings is 1. The van der Waals surface area contributed by atoms with Crippen LogP contribution in [-0.2, 0) is 19.6 Å². The third kappa shape index (κ3) is 4.78. The van der Waals surface area contributed by atoms with Crippen LogP contribution in [0.1, 0.15) is 19.8 Å². The van der Waals surface area contributed by atoms with Crippen LogP contribution in [0, 0.1) is 0 Å². The summed E-state index contributed by atoms with van der Waals surface area (Å²) in [5, 5.41) is 2.69. The Bertz CT molecular complexity index is 690. The predicted molar refractivity (Wildman–Crippen MR) is 94.9 cm³/mol. The highest BCUT2D eigenvalue weighted by atomic mass is 32.2. The van der Waals surface area contributed by atoms with E-state index in [1.165, 1.54) is 4.90 Å². The normalized spacial score (nSPS) is 35.0. The molecule has 3 saturated heterocycles. The van der Waals surface area contributed by atoms with Crippen molar-refractivity contribution in [3.63, 3.8) is 0 Å². The molecule has 0 aromatic heterocycles. The SMILES string of the molecule is C[C@@H]1COCCN1C1CC(=O)NC(N2CCN(S(C)(=O)=O)C[C@@H]2C(F)(F)F)C1. The number of hydrogen-bond donors (Lipinski definition) is 1. The zero-order valence-electron chi connectivity index (χ0n) is 16.0. The fraction of sp³-hybridized carbons (Fsp3) is 0.938. The summed E-state index contributed by atoms with van der Waals surface area (Å²) in [6.07, 6.45) is -3.88. The molecular weight excluding hydrogens is 401 g/mol. The summed E-state index contributed by atoms with van der Waals surface area (Å²) in [5.74, 6) is -0.286. The molecule has 3 fully saturated rings. The van der Waals surface area contributed by atoms with E-state index >= 15 is 0 Å². The average molecular weight is 428 g/mol. The fourth-order valence-electron chi connectivity index (χ4n) is 4.35. The van der Waals surface area contributed by atoms with Gasteiger partial charge in [-0.3, -0.25) is 14.6 Å². The second kappa shape index (κ2) is 8.05. The van der Waals surface area contributed by atoms with E-state index < -0.39 is 35.0 Å². The number of rotatable bonds is 3. The quantitative estimate of drug-likeness (QED) is 0.672. The third-order valence-corrected chi connectivity index (χ3v) is 7.03. The van der Waals surface area contributed by atoms with Crippen LogP contribution in [0.25, 0.3) is 0 Å². The minimum absolute atomic E-state index is 0.0313. The Labute approximate surface area is 163 Å². The average Bonchev–Trinajstić information content (AvgIpc) is 2.59. The topological polar surface area (TPSA) is 82.2 Å². The number of sulfonamides is 1. The highest BCUT2D eigenvalue weighted by molar-refractivity contribution is 7.88. The van der Waals surface area contributed by atoms with Crippen LogP contribution in [0.4, 0.5) is 13.2 Å². The van der Waals surface area contributed by atoms with Crippen LogP contribution in [0.3, 0.4) is 0 Å². The summed E-state index contributed by atoms with van der Waals surface area (Å²) in [5.41, 5.74) is 0. The molecule has 0 spiro atoms. The van der Waals surface area contributed by atoms with Gasteiger partial charge in [0.15, 0.2) is 0 Å². The van der Waals surface area contributed by atoms with Gasteiger partial charge in [0.05, 0.1) is 25.6 Å². The number of alkyl halides is 3. The first-order valence-corrected chi connectivity index (χ1v) is 11.2. The van der Waals surface area contributed by atoms with Crippen molar-refractivity contribution in [2.75, 3.05) is 45.6 Å². The number of halogens is 3. The molecule has 3 heterocycles. The Kier molecular flexibility index (Phi) is 6.26. The number of piperazine rings is 1. The highest BCUT2D eigenvalue weighted by Crippen LogP contribution is 2.32. The second-order valence-electron chi connectivity index (χ2n) is 7.75. The van der Waals surface area contributed by atoms with Gasteiger partial charge in [-0.2, -0.15) is 17.5 Å². The molecule has 0 aromatic carbocycles. The number of amides is 1. The van der Waals surface area contributed by atoms with Gasteiger partial charge in [-0.05, 0) is 13.3 Å². The van der Waals surface area contributed by atoms with Crippen LogP contribution in [0.2, 0.25) is 0 Å². The Hall–Kier alpha value is -0.950. The first-order valence-electron chi connectivity index (χ1n) is 9.37. The van der Waals surface area contributed by atoms with Crippen LogP contribution in [-0.4, -0.2) is 105 Å². The predicted octanol–water partition coefficient (Wildman–Crippen LogP) is -0.180. The maximum atomic E-state index is 13.7. The van der Waals surface area contributed by atoms with Gasteiger partial charge in [-0.1, -0.05) is 0 Å². The number of carbonyl (C=O) groups is 1. The summed E-state index contributed by atoms with van der Waals surface area (Å²) in [7, 11) is -3.72. The molecular formula is C16H27F3N4O4S. The molecule has 3 aliphatic heterocycles. The lowest BCUT2D eigenvalue weighted by Gasteiger charge is -2.49. The zero-order valence-corrected chi connectivity index (χ0v) is 16.8. The molecule has 0 bridgehead atoms. The van der Waals surface area contributed by atoms with Crippen molar-refractivity contribution in [3.05, 3.63) is 0 Å². The van der Waals surface area contributed by atoms with Gasteiger partial charge < -0.3 is 10.1 Å². The van der Waals surface area contributed by atoms with Crippen LogP contribution in [0.5, 0.6) is 0 Å². The molecule has 1 N–H and O–H groups in total. The Morgan fingerprint density at radius 3 is 2.50 bits per heavy atom. The molecule has 3 aliphatic rings. The lowest BCUT2D eigenvalue weighted by atomic mass is 9.97. The highest BCUT2D eigenvalue weighted by Gasteiger charge is 2.51. The number of hydrogen-bond acceptors (Lipinski definition) is 6. The molecule has 3 rings (SSSR count). The second-order valence-corrected chi connectivity index (χ2v) is 9.74. The largest absolute Gasteiger partial charge is 0.405 e. The van der Waals surface area contributed by atoms with E-state index in [-0.39, 0.29) is 37.5 Å². The smallest absolute Gasteiger partial charge is 0.379 e. The van der Waals surface area contributed by atoms with E-state index in [1.54, 1.807) is 0 Å². The van der Waals surface area contributed by atoms with E-state index in [9.17, 15) is 26.4 Å². The lowest BCUT2D eigenvalue weighted by Crippen LogP contribution is -2.68. The summed E-state index contributed by atoms with van der Waals surface area (Å²) < 4.78 is 70.9. The van der Waals surface area contributed by atoms with Crippen molar-refractivity contribution in [2.45, 2.75) is 50.2 Å². The molecule has 8 nitrogen and oxygen atoms in total. The van der Waals surface area contributed by atoms with Crippen LogP contribution < -0.4 is 5.32 Å².